The van der Waals surface area contributed by atoms with Gasteiger partial charge in [0.1, 0.15) is 0 Å². The van der Waals surface area contributed by atoms with Gasteiger partial charge in [-0.2, -0.15) is 0 Å². The highest BCUT2D eigenvalue weighted by molar-refractivity contribution is 5.94. The van der Waals surface area contributed by atoms with Gasteiger partial charge in [0.2, 0.25) is 5.56 Å². The summed E-state index contributed by atoms with van der Waals surface area (Å²) in [5.41, 5.74) is 1.93. The molecule has 0 unspecified atom stereocenters. The summed E-state index contributed by atoms with van der Waals surface area (Å²) >= 11 is 0. The lowest BCUT2D eigenvalue weighted by atomic mass is 10.1. The Morgan fingerprint density at radius 1 is 1.33 bits per heavy atom. The molecular formula is C19H23N3O2. The summed E-state index contributed by atoms with van der Waals surface area (Å²) in [6, 6.07) is 9.18. The SMILES string of the molecule is CC(C)Cc1cc(C(=O)N(Cc2ccccn2)C2CC2)cc(=O)[nH]1. The van der Waals surface area contributed by atoms with Gasteiger partial charge in [0.25, 0.3) is 5.91 Å². The van der Waals surface area contributed by atoms with E-state index in [0.717, 1.165) is 30.7 Å². The maximum atomic E-state index is 13.0. The predicted molar refractivity (Wildman–Crippen MR) is 92.7 cm³/mol. The molecule has 1 amide bonds. The molecule has 0 spiro atoms. The van der Waals surface area contributed by atoms with Crippen molar-refractivity contribution in [3.05, 3.63) is 63.8 Å². The van der Waals surface area contributed by atoms with Gasteiger partial charge in [-0.15, -0.1) is 0 Å². The van der Waals surface area contributed by atoms with Gasteiger partial charge < -0.3 is 9.88 Å². The van der Waals surface area contributed by atoms with Gasteiger partial charge in [-0.1, -0.05) is 19.9 Å². The summed E-state index contributed by atoms with van der Waals surface area (Å²) in [4.78, 5) is 33.9. The van der Waals surface area contributed by atoms with Crippen LogP contribution in [0.4, 0.5) is 0 Å². The highest BCUT2D eigenvalue weighted by Gasteiger charge is 2.33. The summed E-state index contributed by atoms with van der Waals surface area (Å²) < 4.78 is 0. The maximum absolute atomic E-state index is 13.0. The Kier molecular flexibility index (Phi) is 4.79. The summed E-state index contributed by atoms with van der Waals surface area (Å²) in [5.74, 6) is 0.332. The molecule has 2 heterocycles. The molecule has 1 aliphatic carbocycles. The van der Waals surface area contributed by atoms with Crippen molar-refractivity contribution in [3.63, 3.8) is 0 Å². The van der Waals surface area contributed by atoms with E-state index in [1.54, 1.807) is 6.20 Å². The first-order valence-electron chi connectivity index (χ1n) is 8.47. The molecule has 0 saturated heterocycles. The van der Waals surface area contributed by atoms with Crippen molar-refractivity contribution in [1.29, 1.82) is 0 Å². The fourth-order valence-corrected chi connectivity index (χ4v) is 2.86. The molecule has 0 radical (unpaired) electrons. The first-order valence-corrected chi connectivity index (χ1v) is 8.47. The highest BCUT2D eigenvalue weighted by atomic mass is 16.2. The third-order valence-corrected chi connectivity index (χ3v) is 4.08. The number of carbonyl (C=O) groups is 1. The maximum Gasteiger partial charge on any atom is 0.254 e. The van der Waals surface area contributed by atoms with Gasteiger partial charge >= 0.3 is 0 Å². The van der Waals surface area contributed by atoms with E-state index in [-0.39, 0.29) is 17.5 Å². The van der Waals surface area contributed by atoms with Crippen LogP contribution in [0.15, 0.2) is 41.3 Å². The topological polar surface area (TPSA) is 66.1 Å². The number of aromatic amines is 1. The lowest BCUT2D eigenvalue weighted by molar-refractivity contribution is 0.0727. The molecule has 0 atom stereocenters. The molecule has 2 aromatic rings. The zero-order valence-electron chi connectivity index (χ0n) is 14.2. The van der Waals surface area contributed by atoms with E-state index < -0.39 is 0 Å². The third-order valence-electron chi connectivity index (χ3n) is 4.08. The molecule has 0 bridgehead atoms. The monoisotopic (exact) mass is 325 g/mol. The normalized spacial score (nSPS) is 14.0. The van der Waals surface area contributed by atoms with Crippen molar-refractivity contribution in [3.8, 4) is 0 Å². The fourth-order valence-electron chi connectivity index (χ4n) is 2.86. The number of hydrogen-bond donors (Lipinski definition) is 1. The number of rotatable bonds is 6. The van der Waals surface area contributed by atoms with E-state index in [4.69, 9.17) is 0 Å². The number of hydrogen-bond acceptors (Lipinski definition) is 3. The average molecular weight is 325 g/mol. The van der Waals surface area contributed by atoms with Gasteiger partial charge in [-0.05, 0) is 43.4 Å². The summed E-state index contributed by atoms with van der Waals surface area (Å²) in [6.07, 6.45) is 4.51. The number of aromatic nitrogens is 2. The standard InChI is InChI=1S/C19H23N3O2/c1-13(2)9-16-10-14(11-18(23)21-16)19(24)22(17-6-7-17)12-15-5-3-4-8-20-15/h3-5,8,10-11,13,17H,6-7,9,12H2,1-2H3,(H,21,23). The van der Waals surface area contributed by atoms with Gasteiger partial charge in [0.05, 0.1) is 12.2 Å². The Hall–Kier alpha value is -2.43. The van der Waals surface area contributed by atoms with Crippen LogP contribution < -0.4 is 5.56 Å². The molecule has 5 heteroatoms. The van der Waals surface area contributed by atoms with E-state index in [1.165, 1.54) is 6.07 Å². The number of H-pyrrole nitrogens is 1. The predicted octanol–water partition coefficient (Wildman–Crippen LogP) is 2.77. The third kappa shape index (κ3) is 4.10. The molecule has 1 N–H and O–H groups in total. The van der Waals surface area contributed by atoms with Gasteiger partial charge in [-0.3, -0.25) is 14.6 Å². The van der Waals surface area contributed by atoms with Crippen LogP contribution in [0.25, 0.3) is 0 Å². The van der Waals surface area contributed by atoms with Crippen LogP contribution in [0, 0.1) is 5.92 Å². The Labute approximate surface area is 141 Å². The second kappa shape index (κ2) is 6.99. The second-order valence-electron chi connectivity index (χ2n) is 6.84. The van der Waals surface area contributed by atoms with Crippen molar-refractivity contribution >= 4 is 5.91 Å². The lowest BCUT2D eigenvalue weighted by Crippen LogP contribution is -2.33. The molecule has 3 rings (SSSR count). The van der Waals surface area contributed by atoms with Crippen molar-refractivity contribution in [2.24, 2.45) is 5.92 Å². The molecule has 5 nitrogen and oxygen atoms in total. The molecule has 126 valence electrons. The minimum Gasteiger partial charge on any atom is -0.330 e. The van der Waals surface area contributed by atoms with Crippen LogP contribution in [0.5, 0.6) is 0 Å². The van der Waals surface area contributed by atoms with E-state index in [9.17, 15) is 9.59 Å². The van der Waals surface area contributed by atoms with Crippen molar-refractivity contribution in [2.45, 2.75) is 45.7 Å². The first-order chi connectivity index (χ1) is 11.5. The molecule has 24 heavy (non-hydrogen) atoms. The summed E-state index contributed by atoms with van der Waals surface area (Å²) in [5, 5.41) is 0. The molecule has 1 aliphatic rings. The summed E-state index contributed by atoms with van der Waals surface area (Å²) in [7, 11) is 0. The zero-order chi connectivity index (χ0) is 17.1. The number of amides is 1. The van der Waals surface area contributed by atoms with E-state index in [1.807, 2.05) is 29.2 Å². The Bertz CT molecular complexity index is 764. The van der Waals surface area contributed by atoms with Crippen LogP contribution in [-0.2, 0) is 13.0 Å². The number of pyridine rings is 2. The van der Waals surface area contributed by atoms with Crippen LogP contribution >= 0.6 is 0 Å². The number of nitrogens with one attached hydrogen (secondary N) is 1. The number of nitrogens with zero attached hydrogens (tertiary/aromatic N) is 2. The lowest BCUT2D eigenvalue weighted by Gasteiger charge is -2.22. The average Bonchev–Trinajstić information content (AvgIpc) is 3.36. The van der Waals surface area contributed by atoms with Crippen LogP contribution in [0.2, 0.25) is 0 Å². The second-order valence-corrected chi connectivity index (χ2v) is 6.84. The van der Waals surface area contributed by atoms with Crippen molar-refractivity contribution in [2.75, 3.05) is 0 Å². The molecular weight excluding hydrogens is 302 g/mol. The van der Waals surface area contributed by atoms with Gasteiger partial charge in [0, 0.05) is 29.6 Å². The zero-order valence-corrected chi connectivity index (χ0v) is 14.2. The smallest absolute Gasteiger partial charge is 0.254 e. The molecule has 2 aromatic heterocycles. The van der Waals surface area contributed by atoms with Crippen molar-refractivity contribution in [1.82, 2.24) is 14.9 Å². The van der Waals surface area contributed by atoms with Crippen LogP contribution in [-0.4, -0.2) is 26.8 Å². The molecule has 0 aliphatic heterocycles. The van der Waals surface area contributed by atoms with Crippen molar-refractivity contribution < 1.29 is 4.79 Å². The van der Waals surface area contributed by atoms with E-state index in [2.05, 4.69) is 23.8 Å². The number of carbonyl (C=O) groups excluding carboxylic acids is 1. The molecule has 0 aromatic carbocycles. The van der Waals surface area contributed by atoms with Gasteiger partial charge in [0.15, 0.2) is 0 Å². The first kappa shape index (κ1) is 16.4. The summed E-state index contributed by atoms with van der Waals surface area (Å²) in [6.45, 7) is 4.66. The van der Waals surface area contributed by atoms with Gasteiger partial charge in [-0.25, -0.2) is 0 Å². The van der Waals surface area contributed by atoms with Crippen LogP contribution in [0.3, 0.4) is 0 Å². The quantitative estimate of drug-likeness (QED) is 0.888. The minimum absolute atomic E-state index is 0.0840. The van der Waals surface area contributed by atoms with E-state index in [0.29, 0.717) is 18.0 Å². The largest absolute Gasteiger partial charge is 0.330 e. The molecule has 1 fully saturated rings. The highest BCUT2D eigenvalue weighted by Crippen LogP contribution is 2.29. The molecule has 1 saturated carbocycles. The Balaban J connectivity index is 1.85. The fraction of sp³-hybridized carbons (Fsp3) is 0.421. The minimum atomic E-state index is -0.218. The van der Waals surface area contributed by atoms with Crippen LogP contribution in [0.1, 0.15) is 48.4 Å². The van der Waals surface area contributed by atoms with E-state index >= 15 is 0 Å². The Morgan fingerprint density at radius 2 is 2.12 bits per heavy atom. The Morgan fingerprint density at radius 3 is 2.75 bits per heavy atom.